The van der Waals surface area contributed by atoms with E-state index in [4.69, 9.17) is 30.1 Å². The third kappa shape index (κ3) is 8.80. The topological polar surface area (TPSA) is 46.2 Å². The Kier molecular flexibility index (Phi) is 11.7. The molecule has 0 aliphatic carbocycles. The van der Waals surface area contributed by atoms with Crippen LogP contribution in [0.3, 0.4) is 0 Å². The molecule has 0 N–H and O–H groups in total. The summed E-state index contributed by atoms with van der Waals surface area (Å²) in [6.45, 7) is 1.72. The van der Waals surface area contributed by atoms with Gasteiger partial charge in [-0.2, -0.15) is 0 Å². The molecule has 0 radical (unpaired) electrons. The van der Waals surface area contributed by atoms with Gasteiger partial charge in [-0.15, -0.1) is 6.42 Å². The zero-order chi connectivity index (χ0) is 28.8. The molecule has 1 saturated heterocycles. The summed E-state index contributed by atoms with van der Waals surface area (Å²) in [4.78, 5) is 1.06. The molecule has 0 bridgehead atoms. The maximum atomic E-state index is 6.76. The zero-order valence-electron chi connectivity index (χ0n) is 23.5. The van der Waals surface area contributed by atoms with E-state index in [0.717, 1.165) is 21.6 Å². The molecule has 5 nitrogen and oxygen atoms in total. The molecule has 0 aromatic heterocycles. The van der Waals surface area contributed by atoms with Crippen LogP contribution in [-0.4, -0.2) is 43.1 Å². The standard InChI is InChI=1S/C36H36O5S/c1-2-23-38-35-34(40-26-30-19-11-5-12-20-30)33(39-25-29-17-9-4-10-18-29)32(27-37-24-28-15-7-3-8-16-28)41-36(35)42-31-21-13-6-14-22-31/h1,3-22,32-36H,23-27H2/t32-,33-,34+,35-,36?/m1/s1. The maximum absolute atomic E-state index is 6.76. The van der Waals surface area contributed by atoms with Gasteiger partial charge in [0.25, 0.3) is 0 Å². The van der Waals surface area contributed by atoms with E-state index in [1.54, 1.807) is 11.8 Å². The van der Waals surface area contributed by atoms with Gasteiger partial charge in [0.15, 0.2) is 0 Å². The third-order valence-electron chi connectivity index (χ3n) is 6.91. The Morgan fingerprint density at radius 2 is 1.10 bits per heavy atom. The number of benzene rings is 4. The van der Waals surface area contributed by atoms with Crippen LogP contribution in [0, 0.1) is 12.3 Å². The van der Waals surface area contributed by atoms with E-state index >= 15 is 0 Å². The normalized spacial score (nSPS) is 21.9. The van der Waals surface area contributed by atoms with E-state index in [9.17, 15) is 0 Å². The van der Waals surface area contributed by atoms with Crippen molar-refractivity contribution in [2.75, 3.05) is 13.2 Å². The first-order valence-electron chi connectivity index (χ1n) is 14.1. The summed E-state index contributed by atoms with van der Waals surface area (Å²) in [5, 5.41) is 0. The lowest BCUT2D eigenvalue weighted by molar-refractivity contribution is -0.250. The van der Waals surface area contributed by atoms with Gasteiger partial charge in [-0.3, -0.25) is 0 Å². The van der Waals surface area contributed by atoms with Crippen LogP contribution in [0.15, 0.2) is 126 Å². The molecule has 5 rings (SSSR count). The molecule has 5 atom stereocenters. The third-order valence-corrected chi connectivity index (χ3v) is 8.07. The minimum atomic E-state index is -0.485. The van der Waals surface area contributed by atoms with Crippen molar-refractivity contribution < 1.29 is 23.7 Å². The second-order valence-corrected chi connectivity index (χ2v) is 11.1. The average molecular weight is 581 g/mol. The van der Waals surface area contributed by atoms with Gasteiger partial charge < -0.3 is 23.7 Å². The molecule has 4 aromatic carbocycles. The second kappa shape index (κ2) is 16.3. The fourth-order valence-corrected chi connectivity index (χ4v) is 6.00. The van der Waals surface area contributed by atoms with Gasteiger partial charge in [0, 0.05) is 4.90 Å². The molecular formula is C36H36O5S. The predicted octanol–water partition coefficient (Wildman–Crippen LogP) is 6.91. The van der Waals surface area contributed by atoms with Gasteiger partial charge in [0.1, 0.15) is 36.5 Å². The Morgan fingerprint density at radius 1 is 0.595 bits per heavy atom. The molecular weight excluding hydrogens is 544 g/mol. The highest BCUT2D eigenvalue weighted by molar-refractivity contribution is 7.99. The van der Waals surface area contributed by atoms with E-state index in [-0.39, 0.29) is 6.61 Å². The summed E-state index contributed by atoms with van der Waals surface area (Å²) in [7, 11) is 0. The van der Waals surface area contributed by atoms with Gasteiger partial charge in [-0.1, -0.05) is 127 Å². The smallest absolute Gasteiger partial charge is 0.137 e. The molecule has 216 valence electrons. The van der Waals surface area contributed by atoms with Crippen molar-refractivity contribution in [3.05, 3.63) is 138 Å². The first-order chi connectivity index (χ1) is 20.8. The van der Waals surface area contributed by atoms with Crippen molar-refractivity contribution >= 4 is 11.8 Å². The molecule has 0 spiro atoms. The molecule has 1 heterocycles. The number of hydrogen-bond donors (Lipinski definition) is 0. The first-order valence-corrected chi connectivity index (χ1v) is 15.0. The summed E-state index contributed by atoms with van der Waals surface area (Å²) in [6.07, 6.45) is 3.82. The van der Waals surface area contributed by atoms with Crippen LogP contribution in [0.5, 0.6) is 0 Å². The number of terminal acetylenes is 1. The monoisotopic (exact) mass is 580 g/mol. The number of ether oxygens (including phenoxy) is 5. The molecule has 1 fully saturated rings. The minimum absolute atomic E-state index is 0.131. The largest absolute Gasteiger partial charge is 0.374 e. The van der Waals surface area contributed by atoms with Crippen molar-refractivity contribution in [2.45, 2.75) is 54.6 Å². The summed E-state index contributed by atoms with van der Waals surface area (Å²) in [6, 6.07) is 40.5. The molecule has 4 aromatic rings. The minimum Gasteiger partial charge on any atom is -0.374 e. The van der Waals surface area contributed by atoms with Crippen LogP contribution in [-0.2, 0) is 43.5 Å². The lowest BCUT2D eigenvalue weighted by Crippen LogP contribution is -2.60. The van der Waals surface area contributed by atoms with Crippen molar-refractivity contribution in [3.8, 4) is 12.3 Å². The van der Waals surface area contributed by atoms with Crippen molar-refractivity contribution in [1.29, 1.82) is 0 Å². The van der Waals surface area contributed by atoms with Crippen molar-refractivity contribution in [3.63, 3.8) is 0 Å². The van der Waals surface area contributed by atoms with Crippen LogP contribution >= 0.6 is 11.8 Å². The van der Waals surface area contributed by atoms with E-state index < -0.39 is 29.9 Å². The van der Waals surface area contributed by atoms with Gasteiger partial charge in [0.05, 0.1) is 26.4 Å². The quantitative estimate of drug-likeness (QED) is 0.151. The molecule has 1 unspecified atom stereocenters. The molecule has 42 heavy (non-hydrogen) atoms. The molecule has 0 saturated carbocycles. The Labute approximate surface area is 253 Å². The highest BCUT2D eigenvalue weighted by Crippen LogP contribution is 2.38. The highest BCUT2D eigenvalue weighted by atomic mass is 32.2. The van der Waals surface area contributed by atoms with E-state index in [1.165, 1.54) is 0 Å². The number of thioether (sulfide) groups is 1. The first kappa shape index (κ1) is 30.1. The Morgan fingerprint density at radius 3 is 1.64 bits per heavy atom. The van der Waals surface area contributed by atoms with Crippen LogP contribution in [0.2, 0.25) is 0 Å². The van der Waals surface area contributed by atoms with Gasteiger partial charge in [-0.05, 0) is 28.8 Å². The van der Waals surface area contributed by atoms with Crippen molar-refractivity contribution in [1.82, 2.24) is 0 Å². The summed E-state index contributed by atoms with van der Waals surface area (Å²) >= 11 is 1.59. The fraction of sp³-hybridized carbons (Fsp3) is 0.278. The van der Waals surface area contributed by atoms with Crippen LogP contribution in [0.1, 0.15) is 16.7 Å². The highest BCUT2D eigenvalue weighted by Gasteiger charge is 2.48. The Balaban J connectivity index is 1.43. The van der Waals surface area contributed by atoms with Gasteiger partial charge >= 0.3 is 0 Å². The fourth-order valence-electron chi connectivity index (χ4n) is 4.85. The SMILES string of the molecule is C#CCO[C@H]1C(Sc2ccccc2)O[C@H](COCc2ccccc2)[C@@H](OCc2ccccc2)[C@@H]1OCc1ccccc1. The van der Waals surface area contributed by atoms with E-state index in [1.807, 2.05) is 97.1 Å². The van der Waals surface area contributed by atoms with E-state index in [0.29, 0.717) is 26.4 Å². The lowest BCUT2D eigenvalue weighted by Gasteiger charge is -2.45. The van der Waals surface area contributed by atoms with Gasteiger partial charge in [0.2, 0.25) is 0 Å². The molecule has 6 heteroatoms. The predicted molar refractivity (Wildman–Crippen MR) is 166 cm³/mol. The average Bonchev–Trinajstić information content (AvgIpc) is 3.04. The Bertz CT molecular complexity index is 1350. The molecule has 0 amide bonds. The van der Waals surface area contributed by atoms with E-state index in [2.05, 4.69) is 30.2 Å². The Hall–Kier alpha value is -3.41. The second-order valence-electron chi connectivity index (χ2n) is 9.98. The number of rotatable bonds is 14. The van der Waals surface area contributed by atoms with Crippen LogP contribution in [0.25, 0.3) is 0 Å². The summed E-state index contributed by atoms with van der Waals surface area (Å²) < 4.78 is 32.6. The summed E-state index contributed by atoms with van der Waals surface area (Å²) in [5.41, 5.74) is 2.82. The van der Waals surface area contributed by atoms with Crippen LogP contribution < -0.4 is 0 Å². The molecule has 1 aliphatic rings. The molecule has 1 aliphatic heterocycles. The van der Waals surface area contributed by atoms with Gasteiger partial charge in [-0.25, -0.2) is 0 Å². The maximum Gasteiger partial charge on any atom is 0.137 e. The zero-order valence-corrected chi connectivity index (χ0v) is 24.3. The van der Waals surface area contributed by atoms with Crippen LogP contribution in [0.4, 0.5) is 0 Å². The van der Waals surface area contributed by atoms with Crippen molar-refractivity contribution in [2.24, 2.45) is 0 Å². The lowest BCUT2D eigenvalue weighted by atomic mass is 9.99. The number of hydrogen-bond acceptors (Lipinski definition) is 6. The summed E-state index contributed by atoms with van der Waals surface area (Å²) in [5.74, 6) is 2.62.